The van der Waals surface area contributed by atoms with E-state index in [9.17, 15) is 0 Å². The Morgan fingerprint density at radius 1 is 1.16 bits per heavy atom. The summed E-state index contributed by atoms with van der Waals surface area (Å²) in [6.45, 7) is 14.7. The molecule has 0 N–H and O–H groups in total. The zero-order chi connectivity index (χ0) is 17.8. The number of aryl methyl sites for hydroxylation is 2. The highest BCUT2D eigenvalue weighted by atomic mass is 32.1. The largest absolute Gasteiger partial charge is 0.300 e. The second-order valence-corrected chi connectivity index (χ2v) is 7.12. The molecular weight excluding hydrogens is 330 g/mol. The minimum absolute atomic E-state index is 0.717. The van der Waals surface area contributed by atoms with Crippen LogP contribution in [0.4, 0.5) is 0 Å². The Balaban J connectivity index is 1.55. The normalized spacial score (nSPS) is 16.2. The van der Waals surface area contributed by atoms with Crippen molar-refractivity contribution in [2.24, 2.45) is 0 Å². The number of hydrogen-bond donors (Lipinski definition) is 0. The number of benzene rings is 1. The summed E-state index contributed by atoms with van der Waals surface area (Å²) in [5.41, 5.74) is 2.73. The number of aromatic nitrogens is 3. The SMILES string of the molecule is C=CCn1c(C)nn(CN2CCN(Cc3cccc(C)c3)CC2)c1=S. The molecule has 0 spiro atoms. The Kier molecular flexibility index (Phi) is 5.83. The predicted molar refractivity (Wildman–Crippen MR) is 104 cm³/mol. The van der Waals surface area contributed by atoms with E-state index in [0.29, 0.717) is 0 Å². The van der Waals surface area contributed by atoms with Crippen LogP contribution < -0.4 is 0 Å². The van der Waals surface area contributed by atoms with Crippen LogP contribution in [0, 0.1) is 18.6 Å². The summed E-state index contributed by atoms with van der Waals surface area (Å²) in [6.07, 6.45) is 1.86. The van der Waals surface area contributed by atoms with Crippen molar-refractivity contribution in [1.29, 1.82) is 0 Å². The van der Waals surface area contributed by atoms with Gasteiger partial charge in [-0.3, -0.25) is 9.80 Å². The number of allylic oxidation sites excluding steroid dienone is 1. The number of nitrogens with zero attached hydrogens (tertiary/aromatic N) is 5. The summed E-state index contributed by atoms with van der Waals surface area (Å²) in [5, 5.41) is 4.59. The number of rotatable bonds is 6. The third-order valence-corrected chi connectivity index (χ3v) is 5.14. The van der Waals surface area contributed by atoms with Gasteiger partial charge in [0.25, 0.3) is 0 Å². The van der Waals surface area contributed by atoms with Gasteiger partial charge in [0.1, 0.15) is 5.82 Å². The van der Waals surface area contributed by atoms with E-state index < -0.39 is 0 Å². The van der Waals surface area contributed by atoms with Gasteiger partial charge < -0.3 is 4.57 Å². The maximum absolute atomic E-state index is 5.55. The van der Waals surface area contributed by atoms with Crippen LogP contribution in [0.25, 0.3) is 0 Å². The van der Waals surface area contributed by atoms with E-state index >= 15 is 0 Å². The van der Waals surface area contributed by atoms with E-state index in [-0.39, 0.29) is 0 Å². The van der Waals surface area contributed by atoms with Crippen LogP contribution >= 0.6 is 12.2 Å². The molecule has 0 unspecified atom stereocenters. The van der Waals surface area contributed by atoms with Gasteiger partial charge in [-0.25, -0.2) is 4.68 Å². The Morgan fingerprint density at radius 3 is 2.56 bits per heavy atom. The minimum atomic E-state index is 0.717. The van der Waals surface area contributed by atoms with Crippen LogP contribution in [-0.4, -0.2) is 50.3 Å². The average molecular weight is 358 g/mol. The molecule has 6 heteroatoms. The molecule has 5 nitrogen and oxygen atoms in total. The third kappa shape index (κ3) is 4.45. The van der Waals surface area contributed by atoms with E-state index in [2.05, 4.69) is 52.7 Å². The smallest absolute Gasteiger partial charge is 0.199 e. The van der Waals surface area contributed by atoms with Gasteiger partial charge in [-0.1, -0.05) is 35.9 Å². The lowest BCUT2D eigenvalue weighted by Crippen LogP contribution is -2.46. The van der Waals surface area contributed by atoms with Crippen molar-refractivity contribution >= 4 is 12.2 Å². The lowest BCUT2D eigenvalue weighted by molar-refractivity contribution is 0.0979. The standard InChI is InChI=1S/C19H27N5S/c1-4-8-23-17(3)20-24(19(23)25)15-22-11-9-21(10-12-22)14-18-7-5-6-16(2)13-18/h4-7,13H,1,8-12,14-15H2,2-3H3. The van der Waals surface area contributed by atoms with Crippen molar-refractivity contribution in [2.45, 2.75) is 33.6 Å². The van der Waals surface area contributed by atoms with Crippen LogP contribution in [0.2, 0.25) is 0 Å². The van der Waals surface area contributed by atoms with Crippen molar-refractivity contribution in [3.05, 3.63) is 58.6 Å². The Labute approximate surface area is 155 Å². The maximum Gasteiger partial charge on any atom is 0.199 e. The molecule has 0 atom stereocenters. The van der Waals surface area contributed by atoms with Crippen molar-refractivity contribution in [3.63, 3.8) is 0 Å². The van der Waals surface area contributed by atoms with Crippen molar-refractivity contribution in [3.8, 4) is 0 Å². The molecule has 3 rings (SSSR count). The zero-order valence-corrected chi connectivity index (χ0v) is 16.0. The fourth-order valence-corrected chi connectivity index (χ4v) is 3.63. The molecule has 134 valence electrons. The fourth-order valence-electron chi connectivity index (χ4n) is 3.33. The van der Waals surface area contributed by atoms with Gasteiger partial charge in [-0.2, -0.15) is 5.10 Å². The van der Waals surface area contributed by atoms with E-state index in [4.69, 9.17) is 12.2 Å². The first-order valence-electron chi connectivity index (χ1n) is 8.82. The minimum Gasteiger partial charge on any atom is -0.300 e. The van der Waals surface area contributed by atoms with Crippen LogP contribution in [0.1, 0.15) is 17.0 Å². The molecule has 1 fully saturated rings. The monoisotopic (exact) mass is 357 g/mol. The second-order valence-electron chi connectivity index (χ2n) is 6.75. The van der Waals surface area contributed by atoms with Crippen LogP contribution in [-0.2, 0) is 19.8 Å². The lowest BCUT2D eigenvalue weighted by Gasteiger charge is -2.34. The highest BCUT2D eigenvalue weighted by Crippen LogP contribution is 2.11. The molecule has 0 aliphatic carbocycles. The van der Waals surface area contributed by atoms with Gasteiger partial charge in [0.2, 0.25) is 0 Å². The summed E-state index contributed by atoms with van der Waals surface area (Å²) >= 11 is 5.55. The molecule has 0 amide bonds. The predicted octanol–water partition coefficient (Wildman–Crippen LogP) is 2.99. The molecule has 1 aromatic heterocycles. The first-order valence-corrected chi connectivity index (χ1v) is 9.23. The van der Waals surface area contributed by atoms with Crippen molar-refractivity contribution in [2.75, 3.05) is 26.2 Å². The van der Waals surface area contributed by atoms with E-state index in [0.717, 1.165) is 56.5 Å². The number of hydrogen-bond acceptors (Lipinski definition) is 4. The van der Waals surface area contributed by atoms with E-state index in [1.807, 2.05) is 22.2 Å². The molecule has 1 saturated heterocycles. The summed E-state index contributed by atoms with van der Waals surface area (Å²) in [4.78, 5) is 4.94. The molecule has 2 aromatic rings. The van der Waals surface area contributed by atoms with Crippen LogP contribution in [0.3, 0.4) is 0 Å². The first kappa shape index (κ1) is 18.0. The van der Waals surface area contributed by atoms with Gasteiger partial charge in [0.05, 0.1) is 6.67 Å². The second kappa shape index (κ2) is 8.08. The topological polar surface area (TPSA) is 29.2 Å². The molecule has 0 bridgehead atoms. The van der Waals surface area contributed by atoms with Crippen molar-refractivity contribution in [1.82, 2.24) is 24.1 Å². The van der Waals surface area contributed by atoms with Crippen molar-refractivity contribution < 1.29 is 0 Å². The molecule has 1 aliphatic rings. The summed E-state index contributed by atoms with van der Waals surface area (Å²) in [5.74, 6) is 0.947. The maximum atomic E-state index is 5.55. The molecular formula is C19H27N5S. The molecule has 1 aliphatic heterocycles. The number of piperazine rings is 1. The molecule has 0 saturated carbocycles. The Morgan fingerprint density at radius 2 is 1.88 bits per heavy atom. The molecule has 0 radical (unpaired) electrons. The molecule has 1 aromatic carbocycles. The van der Waals surface area contributed by atoms with Gasteiger partial charge in [-0.05, 0) is 31.6 Å². The van der Waals surface area contributed by atoms with Gasteiger partial charge in [-0.15, -0.1) is 6.58 Å². The Hall–Kier alpha value is -1.76. The molecule has 25 heavy (non-hydrogen) atoms. The average Bonchev–Trinajstić information content (AvgIpc) is 2.85. The first-order chi connectivity index (χ1) is 12.1. The van der Waals surface area contributed by atoms with Gasteiger partial charge >= 0.3 is 0 Å². The third-order valence-electron chi connectivity index (χ3n) is 4.71. The van der Waals surface area contributed by atoms with Crippen LogP contribution in [0.15, 0.2) is 36.9 Å². The summed E-state index contributed by atoms with van der Waals surface area (Å²) < 4.78 is 4.74. The summed E-state index contributed by atoms with van der Waals surface area (Å²) in [7, 11) is 0. The quantitative estimate of drug-likeness (QED) is 0.587. The van der Waals surface area contributed by atoms with Crippen LogP contribution in [0.5, 0.6) is 0 Å². The fraction of sp³-hybridized carbons (Fsp3) is 0.474. The summed E-state index contributed by atoms with van der Waals surface area (Å²) in [6, 6.07) is 8.79. The van der Waals surface area contributed by atoms with E-state index in [1.54, 1.807) is 0 Å². The lowest BCUT2D eigenvalue weighted by atomic mass is 10.1. The zero-order valence-electron chi connectivity index (χ0n) is 15.2. The highest BCUT2D eigenvalue weighted by molar-refractivity contribution is 7.71. The Bertz CT molecular complexity index is 783. The van der Waals surface area contributed by atoms with E-state index in [1.165, 1.54) is 11.1 Å². The van der Waals surface area contributed by atoms with Gasteiger partial charge in [0.15, 0.2) is 4.77 Å². The molecule has 2 heterocycles. The van der Waals surface area contributed by atoms with Gasteiger partial charge in [0, 0.05) is 39.3 Å². The highest BCUT2D eigenvalue weighted by Gasteiger charge is 2.18.